The molecular weight excluding hydrogens is 492 g/mol. The third kappa shape index (κ3) is 10.8. The molecule has 0 saturated heterocycles. The van der Waals surface area contributed by atoms with Gasteiger partial charge in [0.15, 0.2) is 11.4 Å². The van der Waals surface area contributed by atoms with E-state index >= 15 is 0 Å². The number of pyridine rings is 1. The molecule has 0 fully saturated rings. The quantitative estimate of drug-likeness (QED) is 0.235. The normalized spacial score (nSPS) is 11.4. The van der Waals surface area contributed by atoms with Crippen LogP contribution in [0.2, 0.25) is 0 Å². The van der Waals surface area contributed by atoms with Gasteiger partial charge in [-0.15, -0.1) is 20.4 Å². The molecule has 0 atom stereocenters. The maximum atomic E-state index is 12.1. The molecule has 0 saturated carbocycles. The lowest BCUT2D eigenvalue weighted by Gasteiger charge is -2.17. The Kier molecular flexibility index (Phi) is 9.98. The van der Waals surface area contributed by atoms with Crippen molar-refractivity contribution in [3.05, 3.63) is 29.1 Å². The Bertz CT molecular complexity index is 1040. The maximum Gasteiger partial charge on any atom is 0.286 e. The van der Waals surface area contributed by atoms with Crippen LogP contribution in [-0.4, -0.2) is 37.0 Å². The summed E-state index contributed by atoms with van der Waals surface area (Å²) in [5.74, 6) is -0.641. The number of carbonyl (C=O) groups excluding carboxylic acids is 2. The zero-order valence-corrected chi connectivity index (χ0v) is 19.5. The summed E-state index contributed by atoms with van der Waals surface area (Å²) >= 11 is 0.656. The summed E-state index contributed by atoms with van der Waals surface area (Å²) in [5.41, 5.74) is 3.07. The van der Waals surface area contributed by atoms with Crippen molar-refractivity contribution >= 4 is 38.3 Å². The third-order valence-electron chi connectivity index (χ3n) is 3.60. The SMILES string of the molecule is Cc1cc(C)[n+](CC(=O)NCCC(=O)Nc2nnc(S(N)(=O)=O)s2)c(C)c1.[O-][Cl+3]([O-])([O-])[O-]. The zero-order valence-electron chi connectivity index (χ0n) is 17.2. The van der Waals surface area contributed by atoms with Crippen LogP contribution in [0.4, 0.5) is 5.13 Å². The van der Waals surface area contributed by atoms with E-state index in [1.54, 1.807) is 0 Å². The topological polar surface area (TPSA) is 240 Å². The summed E-state index contributed by atoms with van der Waals surface area (Å²) < 4.78 is 57.7. The average molecular weight is 513 g/mol. The molecule has 14 nitrogen and oxygen atoms in total. The second-order valence-corrected chi connectivity index (χ2v) is 9.81. The van der Waals surface area contributed by atoms with Crippen LogP contribution in [0, 0.1) is 31.0 Å². The van der Waals surface area contributed by atoms with Crippen molar-refractivity contribution in [2.75, 3.05) is 11.9 Å². The summed E-state index contributed by atoms with van der Waals surface area (Å²) in [4.78, 5) is 23.9. The predicted molar refractivity (Wildman–Crippen MR) is 98.4 cm³/mol. The van der Waals surface area contributed by atoms with Crippen LogP contribution in [0.5, 0.6) is 0 Å². The lowest BCUT2D eigenvalue weighted by Crippen LogP contribution is -2.68. The number of primary sulfonamides is 1. The van der Waals surface area contributed by atoms with Crippen LogP contribution in [0.15, 0.2) is 16.5 Å². The van der Waals surface area contributed by atoms with Gasteiger partial charge in [-0.1, -0.05) is 11.3 Å². The summed E-state index contributed by atoms with van der Waals surface area (Å²) in [6, 6.07) is 3.98. The van der Waals surface area contributed by atoms with Crippen LogP contribution in [-0.2, 0) is 26.2 Å². The number of rotatable bonds is 7. The Labute approximate surface area is 189 Å². The van der Waals surface area contributed by atoms with Crippen LogP contribution in [0.3, 0.4) is 0 Å². The predicted octanol–water partition coefficient (Wildman–Crippen LogP) is -5.21. The summed E-state index contributed by atoms with van der Waals surface area (Å²) in [5, 5.41) is 17.0. The van der Waals surface area contributed by atoms with Crippen LogP contribution < -0.4 is 39.0 Å². The number of hydrogen-bond donors (Lipinski definition) is 3. The Morgan fingerprint density at radius 1 is 1.09 bits per heavy atom. The van der Waals surface area contributed by atoms with E-state index in [4.69, 9.17) is 23.8 Å². The molecule has 178 valence electrons. The van der Waals surface area contributed by atoms with E-state index < -0.39 is 26.2 Å². The van der Waals surface area contributed by atoms with E-state index in [9.17, 15) is 18.0 Å². The van der Waals surface area contributed by atoms with Gasteiger partial charge < -0.3 is 10.6 Å². The van der Waals surface area contributed by atoms with Crippen molar-refractivity contribution in [1.29, 1.82) is 0 Å². The second-order valence-electron chi connectivity index (χ2n) is 6.35. The molecule has 2 aromatic heterocycles. The molecule has 32 heavy (non-hydrogen) atoms. The van der Waals surface area contributed by atoms with E-state index in [-0.39, 0.29) is 34.9 Å². The molecule has 0 spiro atoms. The molecule has 0 aliphatic heterocycles. The van der Waals surface area contributed by atoms with Crippen molar-refractivity contribution in [1.82, 2.24) is 15.5 Å². The zero-order chi connectivity index (χ0) is 24.7. The van der Waals surface area contributed by atoms with Gasteiger partial charge in [-0.05, 0) is 12.5 Å². The number of sulfonamides is 1. The Morgan fingerprint density at radius 3 is 2.09 bits per heavy atom. The van der Waals surface area contributed by atoms with Crippen LogP contribution in [0.1, 0.15) is 23.4 Å². The largest absolute Gasteiger partial charge is 0.350 e. The van der Waals surface area contributed by atoms with Crippen molar-refractivity contribution in [3.8, 4) is 0 Å². The standard InChI is InChI=1S/C15H20N6O4S2.ClHO4/c1-9-6-10(2)21(11(3)7-9)8-13(23)17-5-4-12(22)18-14-19-20-15(26-14)27(16,24)25;2-1(3,4)5/h6-7H,4-5,8H2,1-3H3,(H3-,16,17,18,19,22,23,24,25);(H,2,3,4,5). The number of halogens is 1. The number of nitrogens with one attached hydrogen (secondary N) is 2. The van der Waals surface area contributed by atoms with Gasteiger partial charge in [0, 0.05) is 38.9 Å². The smallest absolute Gasteiger partial charge is 0.286 e. The first-order chi connectivity index (χ1) is 14.6. The van der Waals surface area contributed by atoms with E-state index in [1.807, 2.05) is 37.5 Å². The van der Waals surface area contributed by atoms with E-state index in [0.29, 0.717) is 11.3 Å². The minimum atomic E-state index is -4.94. The molecule has 2 aromatic rings. The van der Waals surface area contributed by atoms with Gasteiger partial charge in [0.2, 0.25) is 21.9 Å². The first-order valence-corrected chi connectivity index (χ1v) is 12.2. The van der Waals surface area contributed by atoms with Crippen molar-refractivity contribution < 1.29 is 51.5 Å². The van der Waals surface area contributed by atoms with Gasteiger partial charge in [-0.2, -0.15) is 4.57 Å². The van der Waals surface area contributed by atoms with Gasteiger partial charge in [-0.3, -0.25) is 9.59 Å². The Morgan fingerprint density at radius 2 is 1.62 bits per heavy atom. The number of nitrogens with two attached hydrogens (primary N) is 1. The average Bonchev–Trinajstić information content (AvgIpc) is 3.05. The fraction of sp³-hybridized carbons (Fsp3) is 0.400. The lowest BCUT2D eigenvalue weighted by atomic mass is 10.2. The summed E-state index contributed by atoms with van der Waals surface area (Å²) in [7, 11) is -8.90. The molecule has 2 rings (SSSR count). The third-order valence-corrected chi connectivity index (χ3v) is 5.75. The molecule has 4 N–H and O–H groups in total. The summed E-state index contributed by atoms with van der Waals surface area (Å²) in [6.45, 7) is 6.15. The molecular formula is C15H21ClN6O8S2. The summed E-state index contributed by atoms with van der Waals surface area (Å²) in [6.07, 6.45) is 0.00651. The number of aryl methyl sites for hydroxylation is 3. The van der Waals surface area contributed by atoms with Gasteiger partial charge in [0.05, 0.1) is 0 Å². The first kappa shape index (κ1) is 27.7. The number of aromatic nitrogens is 3. The minimum absolute atomic E-state index is 0.00651. The molecule has 2 heterocycles. The van der Waals surface area contributed by atoms with Gasteiger partial charge in [-0.25, -0.2) is 32.2 Å². The minimum Gasteiger partial charge on any atom is -0.350 e. The Hall–Kier alpha value is -2.31. The first-order valence-electron chi connectivity index (χ1n) is 8.58. The van der Waals surface area contributed by atoms with Crippen molar-refractivity contribution in [2.24, 2.45) is 5.14 Å². The van der Waals surface area contributed by atoms with Gasteiger partial charge in [0.25, 0.3) is 15.9 Å². The number of anilines is 1. The molecule has 0 aromatic carbocycles. The highest BCUT2D eigenvalue weighted by Crippen LogP contribution is 2.18. The Balaban J connectivity index is 0.000000920. The molecule has 0 bridgehead atoms. The number of amides is 2. The number of carbonyl (C=O) groups is 2. The fourth-order valence-corrected chi connectivity index (χ4v) is 3.81. The highest BCUT2D eigenvalue weighted by atomic mass is 35.7. The molecule has 0 unspecified atom stereocenters. The van der Waals surface area contributed by atoms with E-state index in [0.717, 1.165) is 17.0 Å². The van der Waals surface area contributed by atoms with Gasteiger partial charge >= 0.3 is 0 Å². The lowest BCUT2D eigenvalue weighted by molar-refractivity contribution is -2.00. The monoisotopic (exact) mass is 512 g/mol. The van der Waals surface area contributed by atoms with Crippen molar-refractivity contribution in [2.45, 2.75) is 38.1 Å². The number of hydrogen-bond acceptors (Lipinski definition) is 11. The second kappa shape index (κ2) is 11.5. The molecule has 2 amide bonds. The van der Waals surface area contributed by atoms with Crippen LogP contribution >= 0.6 is 11.3 Å². The van der Waals surface area contributed by atoms with Gasteiger partial charge in [0.1, 0.15) is 0 Å². The molecule has 0 aliphatic carbocycles. The fourth-order valence-electron chi connectivity index (χ4n) is 2.46. The maximum absolute atomic E-state index is 12.1. The molecule has 0 radical (unpaired) electrons. The van der Waals surface area contributed by atoms with E-state index in [2.05, 4.69) is 20.8 Å². The number of nitrogens with zero attached hydrogens (tertiary/aromatic N) is 3. The molecule has 17 heteroatoms. The highest BCUT2D eigenvalue weighted by Gasteiger charge is 2.18. The van der Waals surface area contributed by atoms with Crippen molar-refractivity contribution in [3.63, 3.8) is 0 Å². The van der Waals surface area contributed by atoms with E-state index in [1.165, 1.54) is 0 Å². The molecule has 0 aliphatic rings. The van der Waals surface area contributed by atoms with Crippen LogP contribution in [0.25, 0.3) is 0 Å². The highest BCUT2D eigenvalue weighted by molar-refractivity contribution is 7.91.